The number of hydrogen-bond acceptors (Lipinski definition) is 0. The molecule has 0 radical (unpaired) electrons. The fourth-order valence-electron chi connectivity index (χ4n) is 8.00. The third kappa shape index (κ3) is 7.45. The summed E-state index contributed by atoms with van der Waals surface area (Å²) in [5, 5.41) is 0. The molecular weight excluding hydrogens is 589 g/mol. The fourth-order valence-corrected chi connectivity index (χ4v) is 8.00. The van der Waals surface area contributed by atoms with Crippen molar-refractivity contribution >= 4 is 5.57 Å². The lowest BCUT2D eigenvalue weighted by molar-refractivity contribution is 0.815. The minimum Gasteiger partial charge on any atom is -0.0776 e. The van der Waals surface area contributed by atoms with Crippen molar-refractivity contribution in [3.05, 3.63) is 144 Å². The highest BCUT2D eigenvalue weighted by molar-refractivity contribution is 5.81. The molecule has 0 heterocycles. The van der Waals surface area contributed by atoms with Gasteiger partial charge in [0.15, 0.2) is 0 Å². The van der Waals surface area contributed by atoms with Crippen LogP contribution in [0.3, 0.4) is 0 Å². The molecule has 0 heteroatoms. The maximum Gasteiger partial charge on any atom is 0.00733 e. The predicted octanol–water partition coefficient (Wildman–Crippen LogP) is 15.1. The van der Waals surface area contributed by atoms with E-state index in [4.69, 9.17) is 0 Å². The monoisotopic (exact) mass is 655 g/mol. The Labute approximate surface area is 301 Å². The molecule has 0 aliphatic heterocycles. The lowest BCUT2D eigenvalue weighted by atomic mass is 9.86. The maximum absolute atomic E-state index is 2.34. The molecule has 0 saturated carbocycles. The van der Waals surface area contributed by atoms with Crippen LogP contribution >= 0.6 is 0 Å². The molecule has 7 rings (SSSR count). The number of rotatable bonds is 0. The molecule has 49 heavy (non-hydrogen) atoms. The Morgan fingerprint density at radius 2 is 0.857 bits per heavy atom. The van der Waals surface area contributed by atoms with Crippen LogP contribution in [0.2, 0.25) is 0 Å². The van der Waals surface area contributed by atoms with Crippen LogP contribution in [-0.4, -0.2) is 0 Å². The first kappa shape index (κ1) is 39.8. The standard InChI is InChI=1S/C16H22.C14H12.C10H16.C8H12.CH4/c1-8-9(2)12(5)16-14(7)10(3)13(6)15(16)11(8)4;1-10-11-6-2-4-8-13(11)14-9-5-3-7-12(10)14;1-6-7(2)9(4)10(5)8(6)3;1-6-4-5-7(2)8(6)3;/h13H,1-7H3;2-10H,1H3;6H,1-5H3;4-6H,1-3H3;1H4. The van der Waals surface area contributed by atoms with Gasteiger partial charge in [0.2, 0.25) is 0 Å². The Kier molecular flexibility index (Phi) is 12.9. The van der Waals surface area contributed by atoms with E-state index in [1.165, 1.54) is 77.9 Å². The van der Waals surface area contributed by atoms with Crippen LogP contribution in [0.15, 0.2) is 99.7 Å². The van der Waals surface area contributed by atoms with Gasteiger partial charge in [0.05, 0.1) is 0 Å². The molecule has 2 unspecified atom stereocenters. The van der Waals surface area contributed by atoms with Gasteiger partial charge in [0, 0.05) is 11.8 Å². The maximum atomic E-state index is 2.34. The first-order chi connectivity index (χ1) is 22.5. The highest BCUT2D eigenvalue weighted by atomic mass is 14.3. The zero-order valence-electron chi connectivity index (χ0n) is 33.1. The van der Waals surface area contributed by atoms with Crippen LogP contribution in [0, 0.1) is 39.5 Å². The second-order valence-electron chi connectivity index (χ2n) is 15.1. The lowest BCUT2D eigenvalue weighted by Gasteiger charge is -2.19. The topological polar surface area (TPSA) is 0 Å². The van der Waals surface area contributed by atoms with Gasteiger partial charge in [-0.15, -0.1) is 0 Å². The van der Waals surface area contributed by atoms with Crippen LogP contribution in [-0.2, 0) is 0 Å². The second-order valence-corrected chi connectivity index (χ2v) is 15.1. The van der Waals surface area contributed by atoms with Crippen molar-refractivity contribution in [2.75, 3.05) is 0 Å². The predicted molar refractivity (Wildman–Crippen MR) is 221 cm³/mol. The highest BCUT2D eigenvalue weighted by Crippen LogP contribution is 2.46. The second kappa shape index (κ2) is 15.9. The average Bonchev–Trinajstić information content (AvgIpc) is 3.69. The molecule has 0 amide bonds. The molecule has 2 atom stereocenters. The fraction of sp³-hybridized carbons (Fsp3) is 0.429. The first-order valence-electron chi connectivity index (χ1n) is 18.2. The van der Waals surface area contributed by atoms with Crippen molar-refractivity contribution in [2.24, 2.45) is 11.8 Å². The molecule has 0 fully saturated rings. The van der Waals surface area contributed by atoms with Gasteiger partial charge in [-0.1, -0.05) is 124 Å². The highest BCUT2D eigenvalue weighted by Gasteiger charge is 2.28. The summed E-state index contributed by atoms with van der Waals surface area (Å²) < 4.78 is 0. The molecule has 3 aromatic carbocycles. The van der Waals surface area contributed by atoms with Gasteiger partial charge in [-0.2, -0.15) is 0 Å². The van der Waals surface area contributed by atoms with Crippen LogP contribution in [0.25, 0.3) is 16.7 Å². The van der Waals surface area contributed by atoms with E-state index in [-0.39, 0.29) is 7.43 Å². The Morgan fingerprint density at radius 3 is 1.22 bits per heavy atom. The van der Waals surface area contributed by atoms with E-state index in [0.29, 0.717) is 23.7 Å². The van der Waals surface area contributed by atoms with E-state index < -0.39 is 0 Å². The molecule has 0 aromatic heterocycles. The number of fused-ring (bicyclic) bond motifs is 4. The minimum atomic E-state index is 0. The molecule has 0 nitrogen and oxygen atoms in total. The first-order valence-corrected chi connectivity index (χ1v) is 18.2. The Balaban J connectivity index is 0.000000182. The third-order valence-corrected chi connectivity index (χ3v) is 12.9. The van der Waals surface area contributed by atoms with E-state index in [9.17, 15) is 0 Å². The normalized spacial score (nSPS) is 19.1. The Hall–Kier alpha value is -3.64. The summed E-state index contributed by atoms with van der Waals surface area (Å²) in [4.78, 5) is 0. The summed E-state index contributed by atoms with van der Waals surface area (Å²) in [6.07, 6.45) is 4.44. The molecular formula is C49H66. The molecule has 0 saturated heterocycles. The van der Waals surface area contributed by atoms with Crippen LogP contribution in [0.4, 0.5) is 0 Å². The SMILES string of the molecule is C.CC1=C(C)C(C)C(C)=C1C.CC1=C(C)C(C)C=C1.CC1=C(C)C(C)c2c(C)c(C)c(C)c(C)c21.CC1c2ccccc2-c2ccccc21. The molecule has 4 aliphatic carbocycles. The van der Waals surface area contributed by atoms with E-state index in [0.717, 1.165) is 0 Å². The molecule has 3 aromatic rings. The summed E-state index contributed by atoms with van der Waals surface area (Å²) in [5.41, 5.74) is 26.9. The van der Waals surface area contributed by atoms with Crippen LogP contribution in [0.1, 0.15) is 147 Å². The summed E-state index contributed by atoms with van der Waals surface area (Å²) in [6.45, 7) is 36.0. The van der Waals surface area contributed by atoms with Crippen molar-refractivity contribution in [2.45, 2.75) is 130 Å². The van der Waals surface area contributed by atoms with Gasteiger partial charge in [-0.05, 0) is 167 Å². The van der Waals surface area contributed by atoms with Gasteiger partial charge in [-0.25, -0.2) is 0 Å². The number of hydrogen-bond donors (Lipinski definition) is 0. The van der Waals surface area contributed by atoms with Gasteiger partial charge in [0.25, 0.3) is 0 Å². The smallest absolute Gasteiger partial charge is 0.00733 e. The Morgan fingerprint density at radius 1 is 0.429 bits per heavy atom. The quantitative estimate of drug-likeness (QED) is 0.226. The molecule has 4 aliphatic rings. The van der Waals surface area contributed by atoms with Gasteiger partial charge in [-0.3, -0.25) is 0 Å². The number of allylic oxidation sites excluding steroid dienone is 10. The Bertz CT molecular complexity index is 1810. The average molecular weight is 655 g/mol. The summed E-state index contributed by atoms with van der Waals surface area (Å²) in [5.74, 6) is 2.55. The zero-order chi connectivity index (χ0) is 35.8. The van der Waals surface area contributed by atoms with E-state index in [1.807, 2.05) is 0 Å². The van der Waals surface area contributed by atoms with Crippen molar-refractivity contribution in [3.8, 4) is 11.1 Å². The van der Waals surface area contributed by atoms with Crippen LogP contribution in [0.5, 0.6) is 0 Å². The minimum absolute atomic E-state index is 0. The van der Waals surface area contributed by atoms with E-state index >= 15 is 0 Å². The molecule has 262 valence electrons. The van der Waals surface area contributed by atoms with E-state index in [2.05, 4.69) is 171 Å². The van der Waals surface area contributed by atoms with Crippen molar-refractivity contribution in [3.63, 3.8) is 0 Å². The van der Waals surface area contributed by atoms with Crippen molar-refractivity contribution in [1.29, 1.82) is 0 Å². The van der Waals surface area contributed by atoms with Crippen LogP contribution < -0.4 is 0 Å². The van der Waals surface area contributed by atoms with E-state index in [1.54, 1.807) is 22.3 Å². The van der Waals surface area contributed by atoms with Gasteiger partial charge < -0.3 is 0 Å². The summed E-state index contributed by atoms with van der Waals surface area (Å²) >= 11 is 0. The number of benzene rings is 3. The lowest BCUT2D eigenvalue weighted by Crippen LogP contribution is -2.02. The van der Waals surface area contributed by atoms with Crippen molar-refractivity contribution < 1.29 is 0 Å². The summed E-state index contributed by atoms with van der Waals surface area (Å²) in [7, 11) is 0. The van der Waals surface area contributed by atoms with Crippen molar-refractivity contribution in [1.82, 2.24) is 0 Å². The molecule has 0 spiro atoms. The largest absolute Gasteiger partial charge is 0.0776 e. The third-order valence-electron chi connectivity index (χ3n) is 12.9. The molecule has 0 N–H and O–H groups in total. The van der Waals surface area contributed by atoms with Gasteiger partial charge >= 0.3 is 0 Å². The zero-order valence-corrected chi connectivity index (χ0v) is 33.1. The summed E-state index contributed by atoms with van der Waals surface area (Å²) in [6, 6.07) is 17.4. The van der Waals surface area contributed by atoms with Gasteiger partial charge in [0.1, 0.15) is 0 Å². The molecule has 0 bridgehead atoms.